The Balaban J connectivity index is 2.18. The molecule has 3 nitrogen and oxygen atoms in total. The molecule has 0 aliphatic rings. The Morgan fingerprint density at radius 3 is 2.32 bits per heavy atom. The van der Waals surface area contributed by atoms with Crippen LogP contribution in [0.25, 0.3) is 0 Å². The van der Waals surface area contributed by atoms with E-state index in [4.69, 9.17) is 10.3 Å². The molecule has 1 unspecified atom stereocenters. The van der Waals surface area contributed by atoms with Crippen LogP contribution in [0.1, 0.15) is 82.8 Å². The zero-order chi connectivity index (χ0) is 13.9. The predicted molar refractivity (Wildman–Crippen MR) is 80.8 cm³/mol. The lowest BCUT2D eigenvalue weighted by molar-refractivity contribution is 0.374. The lowest BCUT2D eigenvalue weighted by atomic mass is 10.0. The van der Waals surface area contributed by atoms with Crippen LogP contribution >= 0.6 is 0 Å². The van der Waals surface area contributed by atoms with E-state index in [-0.39, 0.29) is 6.04 Å². The molecular weight excluding hydrogens is 236 g/mol. The summed E-state index contributed by atoms with van der Waals surface area (Å²) in [6.07, 6.45) is 11.3. The van der Waals surface area contributed by atoms with Crippen LogP contribution in [0, 0.1) is 0 Å². The molecule has 19 heavy (non-hydrogen) atoms. The fourth-order valence-electron chi connectivity index (χ4n) is 2.39. The summed E-state index contributed by atoms with van der Waals surface area (Å²) >= 11 is 0. The van der Waals surface area contributed by atoms with E-state index in [0.29, 0.717) is 0 Å². The van der Waals surface area contributed by atoms with Crippen molar-refractivity contribution in [3.63, 3.8) is 0 Å². The van der Waals surface area contributed by atoms with Gasteiger partial charge >= 0.3 is 0 Å². The number of hydrogen-bond acceptors (Lipinski definition) is 3. The predicted octanol–water partition coefficient (Wildman–Crippen LogP) is 4.49. The summed E-state index contributed by atoms with van der Waals surface area (Å²) in [5.41, 5.74) is 2.87. The Hall–Kier alpha value is -0.800. The molecule has 0 spiro atoms. The fourth-order valence-corrected chi connectivity index (χ4v) is 2.39. The van der Waals surface area contributed by atoms with Gasteiger partial charge in [-0.2, -0.15) is 0 Å². The minimum absolute atomic E-state index is 0.163. The van der Waals surface area contributed by atoms with Crippen molar-refractivity contribution >= 4 is 0 Å². The van der Waals surface area contributed by atoms with Crippen molar-refractivity contribution < 1.29 is 4.42 Å². The molecule has 0 saturated heterocycles. The first-order valence-electron chi connectivity index (χ1n) is 7.86. The van der Waals surface area contributed by atoms with Gasteiger partial charge in [0.2, 0.25) is 0 Å². The molecule has 3 heteroatoms. The standard InChI is InChI=1S/C16H30N2O/c1-3-5-6-7-8-9-10-11-15(18-17)16-13-12-14(4-2)19-16/h12-13,15,18H,3-11,17H2,1-2H3. The second-order valence-electron chi connectivity index (χ2n) is 5.29. The Labute approximate surface area is 117 Å². The molecule has 0 aliphatic heterocycles. The van der Waals surface area contributed by atoms with Gasteiger partial charge in [-0.3, -0.25) is 5.84 Å². The largest absolute Gasteiger partial charge is 0.464 e. The van der Waals surface area contributed by atoms with Crippen LogP contribution in [0.2, 0.25) is 0 Å². The lowest BCUT2D eigenvalue weighted by Gasteiger charge is -2.13. The number of furan rings is 1. The average molecular weight is 266 g/mol. The molecule has 1 atom stereocenters. The van der Waals surface area contributed by atoms with Crippen molar-refractivity contribution in [2.75, 3.05) is 0 Å². The molecule has 1 rings (SSSR count). The Morgan fingerprint density at radius 1 is 1.05 bits per heavy atom. The van der Waals surface area contributed by atoms with Crippen molar-refractivity contribution in [3.8, 4) is 0 Å². The number of hydrogen-bond donors (Lipinski definition) is 2. The van der Waals surface area contributed by atoms with Crippen LogP contribution in [0.15, 0.2) is 16.5 Å². The maximum absolute atomic E-state index is 5.75. The minimum Gasteiger partial charge on any atom is -0.464 e. The summed E-state index contributed by atoms with van der Waals surface area (Å²) in [6, 6.07) is 4.26. The zero-order valence-electron chi connectivity index (χ0n) is 12.6. The van der Waals surface area contributed by atoms with E-state index in [0.717, 1.165) is 24.4 Å². The highest BCUT2D eigenvalue weighted by atomic mass is 16.3. The van der Waals surface area contributed by atoms with Crippen LogP contribution in [0.5, 0.6) is 0 Å². The molecule has 0 radical (unpaired) electrons. The molecular formula is C16H30N2O. The van der Waals surface area contributed by atoms with Crippen molar-refractivity contribution in [1.29, 1.82) is 0 Å². The van der Waals surface area contributed by atoms with Gasteiger partial charge in [-0.25, -0.2) is 5.43 Å². The average Bonchev–Trinajstić information content (AvgIpc) is 2.91. The molecule has 0 saturated carbocycles. The van der Waals surface area contributed by atoms with Gasteiger partial charge in [0, 0.05) is 6.42 Å². The highest BCUT2D eigenvalue weighted by Crippen LogP contribution is 2.22. The topological polar surface area (TPSA) is 51.2 Å². The first kappa shape index (κ1) is 16.3. The molecule has 3 N–H and O–H groups in total. The van der Waals surface area contributed by atoms with Crippen molar-refractivity contribution in [2.45, 2.75) is 77.7 Å². The van der Waals surface area contributed by atoms with Gasteiger partial charge in [0.05, 0.1) is 6.04 Å². The zero-order valence-corrected chi connectivity index (χ0v) is 12.6. The highest BCUT2D eigenvalue weighted by molar-refractivity contribution is 5.10. The molecule has 110 valence electrons. The van der Waals surface area contributed by atoms with Gasteiger partial charge in [-0.1, -0.05) is 58.8 Å². The van der Waals surface area contributed by atoms with Crippen LogP contribution in [0.3, 0.4) is 0 Å². The molecule has 1 aromatic heterocycles. The Bertz CT molecular complexity index is 322. The second-order valence-corrected chi connectivity index (χ2v) is 5.29. The first-order valence-corrected chi connectivity index (χ1v) is 7.86. The van der Waals surface area contributed by atoms with E-state index in [1.165, 1.54) is 44.9 Å². The molecule has 0 aromatic carbocycles. The Kier molecular flexibility index (Phi) is 8.59. The first-order chi connectivity index (χ1) is 9.31. The molecule has 0 fully saturated rings. The van der Waals surface area contributed by atoms with Crippen molar-refractivity contribution in [1.82, 2.24) is 5.43 Å². The third-order valence-electron chi connectivity index (χ3n) is 3.67. The van der Waals surface area contributed by atoms with Gasteiger partial charge in [-0.15, -0.1) is 0 Å². The number of nitrogens with one attached hydrogen (secondary N) is 1. The van der Waals surface area contributed by atoms with E-state index >= 15 is 0 Å². The van der Waals surface area contributed by atoms with E-state index in [1.807, 2.05) is 12.1 Å². The monoisotopic (exact) mass is 266 g/mol. The summed E-state index contributed by atoms with van der Waals surface area (Å²) in [5.74, 6) is 7.64. The molecule has 0 bridgehead atoms. The minimum atomic E-state index is 0.163. The smallest absolute Gasteiger partial charge is 0.122 e. The number of unbranched alkanes of at least 4 members (excludes halogenated alkanes) is 6. The maximum atomic E-state index is 5.75. The molecule has 1 aromatic rings. The number of rotatable bonds is 11. The number of aryl methyl sites for hydroxylation is 1. The van der Waals surface area contributed by atoms with Gasteiger partial charge < -0.3 is 4.42 Å². The van der Waals surface area contributed by atoms with E-state index in [9.17, 15) is 0 Å². The fraction of sp³-hybridized carbons (Fsp3) is 0.750. The number of nitrogens with two attached hydrogens (primary N) is 1. The van der Waals surface area contributed by atoms with Crippen LogP contribution < -0.4 is 11.3 Å². The van der Waals surface area contributed by atoms with Gasteiger partial charge in [0.1, 0.15) is 11.5 Å². The van der Waals surface area contributed by atoms with Crippen molar-refractivity contribution in [2.24, 2.45) is 5.84 Å². The third kappa shape index (κ3) is 6.26. The van der Waals surface area contributed by atoms with E-state index in [1.54, 1.807) is 0 Å². The molecule has 0 aliphatic carbocycles. The van der Waals surface area contributed by atoms with Crippen molar-refractivity contribution in [3.05, 3.63) is 23.7 Å². The van der Waals surface area contributed by atoms with E-state index in [2.05, 4.69) is 19.3 Å². The van der Waals surface area contributed by atoms with Gasteiger partial charge in [-0.05, 0) is 18.6 Å². The highest BCUT2D eigenvalue weighted by Gasteiger charge is 2.13. The maximum Gasteiger partial charge on any atom is 0.122 e. The quantitative estimate of drug-likeness (QED) is 0.352. The summed E-state index contributed by atoms with van der Waals surface area (Å²) in [5, 5.41) is 0. The third-order valence-corrected chi connectivity index (χ3v) is 3.67. The van der Waals surface area contributed by atoms with Crippen LogP contribution in [-0.4, -0.2) is 0 Å². The van der Waals surface area contributed by atoms with Gasteiger partial charge in [0.15, 0.2) is 0 Å². The lowest BCUT2D eigenvalue weighted by Crippen LogP contribution is -2.27. The van der Waals surface area contributed by atoms with E-state index < -0.39 is 0 Å². The summed E-state index contributed by atoms with van der Waals surface area (Å²) in [7, 11) is 0. The summed E-state index contributed by atoms with van der Waals surface area (Å²) in [6.45, 7) is 4.36. The Morgan fingerprint density at radius 2 is 1.74 bits per heavy atom. The van der Waals surface area contributed by atoms with Crippen LogP contribution in [-0.2, 0) is 6.42 Å². The SMILES string of the molecule is CCCCCCCCCC(NN)c1ccc(CC)o1. The second kappa shape index (κ2) is 10.0. The normalized spacial score (nSPS) is 12.8. The molecule has 1 heterocycles. The summed E-state index contributed by atoms with van der Waals surface area (Å²) < 4.78 is 5.75. The number of hydrazine groups is 1. The molecule has 0 amide bonds. The summed E-state index contributed by atoms with van der Waals surface area (Å²) in [4.78, 5) is 0. The van der Waals surface area contributed by atoms with Crippen LogP contribution in [0.4, 0.5) is 0 Å². The van der Waals surface area contributed by atoms with Gasteiger partial charge in [0.25, 0.3) is 0 Å².